The number of pyridine rings is 2. The zero-order chi connectivity index (χ0) is 23.1. The average Bonchev–Trinajstić information content (AvgIpc) is 3.20. The number of alkyl halides is 3. The average molecular weight is 483 g/mol. The van der Waals surface area contributed by atoms with Crippen LogP contribution in [0.1, 0.15) is 5.56 Å². The number of sulfonamides is 1. The molecule has 0 atom stereocenters. The highest BCUT2D eigenvalue weighted by atomic mass is 35.5. The van der Waals surface area contributed by atoms with Crippen LogP contribution < -0.4 is 9.46 Å². The molecular formula is C20H14ClF3N4O3S. The van der Waals surface area contributed by atoms with Crippen molar-refractivity contribution in [3.8, 4) is 17.0 Å². The molecule has 0 bridgehead atoms. The van der Waals surface area contributed by atoms with Crippen molar-refractivity contribution in [3.63, 3.8) is 0 Å². The molecule has 7 nitrogen and oxygen atoms in total. The van der Waals surface area contributed by atoms with Crippen molar-refractivity contribution in [3.05, 3.63) is 71.5 Å². The van der Waals surface area contributed by atoms with Crippen LogP contribution in [0, 0.1) is 0 Å². The molecule has 3 heterocycles. The highest BCUT2D eigenvalue weighted by molar-refractivity contribution is 7.92. The molecule has 0 radical (unpaired) electrons. The summed E-state index contributed by atoms with van der Waals surface area (Å²) in [6.45, 7) is 0. The van der Waals surface area contributed by atoms with E-state index in [-0.39, 0.29) is 5.82 Å². The Morgan fingerprint density at radius 2 is 1.91 bits per heavy atom. The number of halogens is 4. The number of nitrogens with zero attached hydrogens (tertiary/aromatic N) is 3. The van der Waals surface area contributed by atoms with Gasteiger partial charge >= 0.3 is 6.18 Å². The molecule has 0 saturated carbocycles. The van der Waals surface area contributed by atoms with E-state index in [1.807, 2.05) is 0 Å². The van der Waals surface area contributed by atoms with Crippen molar-refractivity contribution in [1.29, 1.82) is 0 Å². The largest absolute Gasteiger partial charge is 0.494 e. The second kappa shape index (κ2) is 7.99. The Hall–Kier alpha value is -3.31. The van der Waals surface area contributed by atoms with E-state index in [4.69, 9.17) is 16.3 Å². The monoisotopic (exact) mass is 482 g/mol. The molecule has 166 valence electrons. The van der Waals surface area contributed by atoms with Gasteiger partial charge in [-0.15, -0.1) is 0 Å². The predicted octanol–water partition coefficient (Wildman–Crippen LogP) is 4.88. The maximum atomic E-state index is 13.2. The van der Waals surface area contributed by atoms with Gasteiger partial charge in [0.15, 0.2) is 0 Å². The quantitative estimate of drug-likeness (QED) is 0.438. The zero-order valence-electron chi connectivity index (χ0n) is 16.3. The third-order valence-electron chi connectivity index (χ3n) is 4.55. The lowest BCUT2D eigenvalue weighted by molar-refractivity contribution is -0.137. The molecular weight excluding hydrogens is 469 g/mol. The molecule has 0 amide bonds. The summed E-state index contributed by atoms with van der Waals surface area (Å²) in [5, 5.41) is 3.81. The molecule has 0 fully saturated rings. The smallest absolute Gasteiger partial charge is 0.417 e. The molecule has 0 unspecified atom stereocenters. The van der Waals surface area contributed by atoms with E-state index in [1.54, 1.807) is 30.6 Å². The van der Waals surface area contributed by atoms with Gasteiger partial charge in [0.1, 0.15) is 17.1 Å². The standard InChI is InChI=1S/C20H14ClF3N4O3S/c1-31-18-6-7-19(28-17(18)10-16(26-28)12-3-2-8-25-11-12)27-32(29,30)13-4-5-15(21)14(9-13)20(22,23)24/h2-11,27H,1H3. The molecule has 3 aromatic heterocycles. The van der Waals surface area contributed by atoms with Gasteiger partial charge in [0.05, 0.1) is 28.3 Å². The Labute approximate surface area is 185 Å². The highest BCUT2D eigenvalue weighted by Gasteiger charge is 2.34. The lowest BCUT2D eigenvalue weighted by Crippen LogP contribution is -2.17. The molecule has 0 spiro atoms. The van der Waals surface area contributed by atoms with E-state index in [2.05, 4.69) is 14.8 Å². The van der Waals surface area contributed by atoms with Crippen LogP contribution in [-0.2, 0) is 16.2 Å². The highest BCUT2D eigenvalue weighted by Crippen LogP contribution is 2.36. The number of anilines is 1. The fourth-order valence-corrected chi connectivity index (χ4v) is 4.33. The third kappa shape index (κ3) is 4.08. The third-order valence-corrected chi connectivity index (χ3v) is 6.23. The van der Waals surface area contributed by atoms with Gasteiger partial charge in [-0.1, -0.05) is 11.6 Å². The summed E-state index contributed by atoms with van der Waals surface area (Å²) in [5.74, 6) is 0.417. The van der Waals surface area contributed by atoms with Gasteiger partial charge in [-0.25, -0.2) is 12.9 Å². The van der Waals surface area contributed by atoms with E-state index in [9.17, 15) is 21.6 Å². The maximum Gasteiger partial charge on any atom is 0.417 e. The summed E-state index contributed by atoms with van der Waals surface area (Å²) in [6.07, 6.45) is -1.62. The van der Waals surface area contributed by atoms with E-state index < -0.39 is 31.7 Å². The summed E-state index contributed by atoms with van der Waals surface area (Å²) >= 11 is 5.60. The number of hydrogen-bond donors (Lipinski definition) is 1. The fourth-order valence-electron chi connectivity index (χ4n) is 3.04. The van der Waals surface area contributed by atoms with Crippen molar-refractivity contribution in [2.75, 3.05) is 11.8 Å². The van der Waals surface area contributed by atoms with E-state index >= 15 is 0 Å². The normalized spacial score (nSPS) is 12.2. The number of fused-ring (bicyclic) bond motifs is 1. The number of benzene rings is 1. The Morgan fingerprint density at radius 3 is 2.56 bits per heavy atom. The number of hydrogen-bond acceptors (Lipinski definition) is 5. The Kier molecular flexibility index (Phi) is 5.47. The van der Waals surface area contributed by atoms with Crippen LogP contribution in [0.25, 0.3) is 16.8 Å². The summed E-state index contributed by atoms with van der Waals surface area (Å²) in [4.78, 5) is 3.44. The van der Waals surface area contributed by atoms with Crippen molar-refractivity contribution in [1.82, 2.24) is 14.6 Å². The van der Waals surface area contributed by atoms with Crippen molar-refractivity contribution < 1.29 is 26.3 Å². The first kappa shape index (κ1) is 21.9. The molecule has 12 heteroatoms. The molecule has 0 aliphatic rings. The van der Waals surface area contributed by atoms with Crippen LogP contribution in [0.5, 0.6) is 5.75 Å². The summed E-state index contributed by atoms with van der Waals surface area (Å²) in [7, 11) is -2.96. The maximum absolute atomic E-state index is 13.2. The van der Waals surface area contributed by atoms with Gasteiger partial charge < -0.3 is 4.74 Å². The number of methoxy groups -OCH3 is 1. The van der Waals surface area contributed by atoms with Crippen molar-refractivity contribution >= 4 is 33.0 Å². The fraction of sp³-hybridized carbons (Fsp3) is 0.100. The second-order valence-corrected chi connectivity index (χ2v) is 8.69. The van der Waals surface area contributed by atoms with Crippen molar-refractivity contribution in [2.24, 2.45) is 0 Å². The van der Waals surface area contributed by atoms with Gasteiger partial charge in [-0.3, -0.25) is 9.71 Å². The molecule has 32 heavy (non-hydrogen) atoms. The van der Waals surface area contributed by atoms with Gasteiger partial charge in [-0.05, 0) is 48.5 Å². The second-order valence-electron chi connectivity index (χ2n) is 6.60. The van der Waals surface area contributed by atoms with Crippen LogP contribution in [0.2, 0.25) is 5.02 Å². The van der Waals surface area contributed by atoms with E-state index in [0.29, 0.717) is 28.6 Å². The minimum atomic E-state index is -4.81. The zero-order valence-corrected chi connectivity index (χ0v) is 17.8. The molecule has 4 rings (SSSR count). The number of nitrogens with one attached hydrogen (secondary N) is 1. The molecule has 1 N–H and O–H groups in total. The van der Waals surface area contributed by atoms with Gasteiger partial charge in [0.2, 0.25) is 0 Å². The molecule has 0 saturated heterocycles. The van der Waals surface area contributed by atoms with Gasteiger partial charge in [0.25, 0.3) is 10.0 Å². The first-order valence-electron chi connectivity index (χ1n) is 8.97. The van der Waals surface area contributed by atoms with Gasteiger partial charge in [-0.2, -0.15) is 18.3 Å². The van der Waals surface area contributed by atoms with Crippen LogP contribution in [0.3, 0.4) is 0 Å². The molecule has 1 aromatic carbocycles. The van der Waals surface area contributed by atoms with Crippen LogP contribution in [0.15, 0.2) is 65.8 Å². The lowest BCUT2D eigenvalue weighted by atomic mass is 10.2. The van der Waals surface area contributed by atoms with E-state index in [0.717, 1.165) is 12.1 Å². The summed E-state index contributed by atoms with van der Waals surface area (Å²) in [5.41, 5.74) is 0.368. The SMILES string of the molecule is COc1ccc(NS(=O)(=O)c2ccc(Cl)c(C(F)(F)F)c2)n2nc(-c3cccnc3)cc12. The first-order chi connectivity index (χ1) is 15.1. The number of aromatic nitrogens is 3. The Balaban J connectivity index is 1.80. The van der Waals surface area contributed by atoms with Crippen molar-refractivity contribution in [2.45, 2.75) is 11.1 Å². The lowest BCUT2D eigenvalue weighted by Gasteiger charge is -2.14. The topological polar surface area (TPSA) is 85.6 Å². The number of rotatable bonds is 5. The Morgan fingerprint density at radius 1 is 1.12 bits per heavy atom. The number of ether oxygens (including phenoxy) is 1. The van der Waals surface area contributed by atoms with E-state index in [1.165, 1.54) is 23.8 Å². The molecule has 4 aromatic rings. The Bertz CT molecular complexity index is 1410. The summed E-state index contributed by atoms with van der Waals surface area (Å²) < 4.78 is 74.1. The predicted molar refractivity (Wildman–Crippen MR) is 112 cm³/mol. The first-order valence-corrected chi connectivity index (χ1v) is 10.8. The molecule has 0 aliphatic carbocycles. The minimum Gasteiger partial charge on any atom is -0.494 e. The van der Waals surface area contributed by atoms with Crippen LogP contribution >= 0.6 is 11.6 Å². The minimum absolute atomic E-state index is 0.000510. The summed E-state index contributed by atoms with van der Waals surface area (Å²) in [6, 6.07) is 10.4. The van der Waals surface area contributed by atoms with Gasteiger partial charge in [0, 0.05) is 18.0 Å². The van der Waals surface area contributed by atoms with Crippen LogP contribution in [-0.4, -0.2) is 30.1 Å². The van der Waals surface area contributed by atoms with Crippen LogP contribution in [0.4, 0.5) is 19.0 Å². The molecule has 0 aliphatic heterocycles.